The second kappa shape index (κ2) is 6.88. The lowest BCUT2D eigenvalue weighted by Gasteiger charge is -2.26. The number of ether oxygens (including phenoxy) is 1. The van der Waals surface area contributed by atoms with Crippen molar-refractivity contribution in [2.24, 2.45) is 11.8 Å². The summed E-state index contributed by atoms with van der Waals surface area (Å²) in [4.78, 5) is 23.5. The minimum Gasteiger partial charge on any atom is -0.381 e. The molecular weight excluding hydrogens is 359 g/mol. The van der Waals surface area contributed by atoms with E-state index in [1.54, 1.807) is 0 Å². The van der Waals surface area contributed by atoms with E-state index >= 15 is 4.39 Å². The number of aromatic nitrogens is 2. The maximum absolute atomic E-state index is 15.0. The van der Waals surface area contributed by atoms with Gasteiger partial charge in [0.2, 0.25) is 5.91 Å². The molecule has 0 aliphatic carbocycles. The van der Waals surface area contributed by atoms with Crippen molar-refractivity contribution >= 4 is 22.6 Å². The third kappa shape index (κ3) is 2.80. The van der Waals surface area contributed by atoms with Crippen LogP contribution in [0.3, 0.4) is 0 Å². The van der Waals surface area contributed by atoms with E-state index in [-0.39, 0.29) is 11.7 Å². The van der Waals surface area contributed by atoms with E-state index in [1.807, 2.05) is 11.1 Å². The van der Waals surface area contributed by atoms with Crippen LogP contribution in [0.5, 0.6) is 0 Å². The minimum atomic E-state index is -0.264. The van der Waals surface area contributed by atoms with Gasteiger partial charge in [0.1, 0.15) is 5.65 Å². The van der Waals surface area contributed by atoms with Gasteiger partial charge in [-0.3, -0.25) is 4.79 Å². The molecule has 3 aliphatic rings. The summed E-state index contributed by atoms with van der Waals surface area (Å²) in [5, 5.41) is 0.922. The van der Waals surface area contributed by atoms with Gasteiger partial charge >= 0.3 is 0 Å². The maximum Gasteiger partial charge on any atom is 0.245 e. The predicted molar refractivity (Wildman–Crippen MR) is 105 cm³/mol. The van der Waals surface area contributed by atoms with Gasteiger partial charge in [-0.05, 0) is 30.4 Å². The van der Waals surface area contributed by atoms with E-state index in [0.717, 1.165) is 68.8 Å². The number of carbonyl (C=O) groups is 1. The third-order valence-corrected chi connectivity index (χ3v) is 6.61. The number of pyridine rings is 1. The molecule has 3 fully saturated rings. The van der Waals surface area contributed by atoms with Crippen LogP contribution in [0.4, 0.5) is 10.1 Å². The predicted octanol–water partition coefficient (Wildman–Crippen LogP) is 2.68. The van der Waals surface area contributed by atoms with Crippen molar-refractivity contribution in [3.8, 4) is 0 Å². The highest BCUT2D eigenvalue weighted by molar-refractivity contribution is 5.94. The molecule has 5 rings (SSSR count). The Labute approximate surface area is 163 Å². The smallest absolute Gasteiger partial charge is 0.245 e. The van der Waals surface area contributed by atoms with Crippen LogP contribution in [-0.2, 0) is 9.53 Å². The normalized spacial score (nSPS) is 25.5. The largest absolute Gasteiger partial charge is 0.381 e. The van der Waals surface area contributed by atoms with Gasteiger partial charge in [-0.25, -0.2) is 9.37 Å². The van der Waals surface area contributed by atoms with E-state index in [2.05, 4.69) is 21.4 Å². The zero-order valence-electron chi connectivity index (χ0n) is 15.9. The Morgan fingerprint density at radius 2 is 1.96 bits per heavy atom. The molecule has 148 valence electrons. The molecule has 0 bridgehead atoms. The average Bonchev–Trinajstić information content (AvgIpc) is 3.41. The molecule has 3 aliphatic heterocycles. The van der Waals surface area contributed by atoms with Crippen molar-refractivity contribution in [2.45, 2.75) is 18.8 Å². The van der Waals surface area contributed by atoms with Gasteiger partial charge in [-0.15, -0.1) is 0 Å². The molecule has 1 N–H and O–H groups in total. The fourth-order valence-corrected chi connectivity index (χ4v) is 5.20. The number of hydrogen-bond acceptors (Lipinski definition) is 4. The van der Waals surface area contributed by atoms with Gasteiger partial charge in [-0.1, -0.05) is 6.58 Å². The molecule has 2 atom stereocenters. The van der Waals surface area contributed by atoms with Crippen LogP contribution in [0.2, 0.25) is 0 Å². The van der Waals surface area contributed by atoms with Crippen LogP contribution in [0.25, 0.3) is 11.0 Å². The number of amides is 1. The van der Waals surface area contributed by atoms with E-state index < -0.39 is 0 Å². The highest BCUT2D eigenvalue weighted by Crippen LogP contribution is 2.42. The summed E-state index contributed by atoms with van der Waals surface area (Å²) in [7, 11) is 0. The lowest BCUT2D eigenvalue weighted by molar-refractivity contribution is -0.125. The molecule has 0 saturated carbocycles. The molecule has 7 heteroatoms. The second-order valence-electron chi connectivity index (χ2n) is 8.18. The standard InChI is InChI=1S/C21H25FN4O2/c1-2-18(27)25-9-14-11-26(12-15(14)10-25)20-17(22)8-24-21-19(20)16(7-23-21)13-3-5-28-6-4-13/h2,7-8,13-15H,1,3-6,9-12H2,(H,23,24)/t14-,15+. The Kier molecular flexibility index (Phi) is 4.34. The van der Waals surface area contributed by atoms with Crippen LogP contribution in [0.15, 0.2) is 25.0 Å². The maximum atomic E-state index is 15.0. The fraction of sp³-hybridized carbons (Fsp3) is 0.524. The van der Waals surface area contributed by atoms with Crippen molar-refractivity contribution in [1.29, 1.82) is 0 Å². The first-order chi connectivity index (χ1) is 13.7. The summed E-state index contributed by atoms with van der Waals surface area (Å²) in [5.41, 5.74) is 2.57. The van der Waals surface area contributed by atoms with Crippen LogP contribution in [-0.4, -0.2) is 60.2 Å². The van der Waals surface area contributed by atoms with Crippen molar-refractivity contribution in [3.05, 3.63) is 36.4 Å². The molecule has 0 spiro atoms. The first kappa shape index (κ1) is 17.7. The number of fused-ring (bicyclic) bond motifs is 2. The Morgan fingerprint density at radius 3 is 2.64 bits per heavy atom. The van der Waals surface area contributed by atoms with Gasteiger partial charge in [0.25, 0.3) is 0 Å². The van der Waals surface area contributed by atoms with Gasteiger partial charge in [-0.2, -0.15) is 0 Å². The van der Waals surface area contributed by atoms with E-state index in [1.165, 1.54) is 12.3 Å². The molecule has 0 radical (unpaired) electrons. The number of hydrogen-bond donors (Lipinski definition) is 1. The number of rotatable bonds is 3. The minimum absolute atomic E-state index is 0.00845. The second-order valence-corrected chi connectivity index (χ2v) is 8.18. The number of nitrogens with one attached hydrogen (secondary N) is 1. The number of carbonyl (C=O) groups excluding carboxylic acids is 1. The van der Waals surface area contributed by atoms with Crippen LogP contribution in [0, 0.1) is 17.7 Å². The van der Waals surface area contributed by atoms with Gasteiger partial charge in [0.15, 0.2) is 5.82 Å². The first-order valence-electron chi connectivity index (χ1n) is 10.0. The highest BCUT2D eigenvalue weighted by atomic mass is 19.1. The zero-order valence-corrected chi connectivity index (χ0v) is 15.9. The molecule has 6 nitrogen and oxygen atoms in total. The Bertz CT molecular complexity index is 907. The van der Waals surface area contributed by atoms with Crippen molar-refractivity contribution < 1.29 is 13.9 Å². The van der Waals surface area contributed by atoms with Crippen LogP contribution >= 0.6 is 0 Å². The molecule has 3 saturated heterocycles. The number of H-pyrrole nitrogens is 1. The van der Waals surface area contributed by atoms with Crippen molar-refractivity contribution in [3.63, 3.8) is 0 Å². The average molecular weight is 384 g/mol. The van der Waals surface area contributed by atoms with Crippen LogP contribution in [0.1, 0.15) is 24.3 Å². The summed E-state index contributed by atoms with van der Waals surface area (Å²) in [6.07, 6.45) is 6.60. The molecule has 28 heavy (non-hydrogen) atoms. The van der Waals surface area contributed by atoms with Gasteiger partial charge < -0.3 is 19.5 Å². The molecule has 0 aromatic carbocycles. The van der Waals surface area contributed by atoms with E-state index in [4.69, 9.17) is 4.74 Å². The SMILES string of the molecule is C=CC(=O)N1C[C@@H]2CN(c3c(F)cnc4[nH]cc(C5CCOCC5)c34)C[C@@H]2C1. The number of nitrogens with zero attached hydrogens (tertiary/aromatic N) is 3. The number of anilines is 1. The first-order valence-corrected chi connectivity index (χ1v) is 10.0. The topological polar surface area (TPSA) is 61.5 Å². The summed E-state index contributed by atoms with van der Waals surface area (Å²) in [6, 6.07) is 0. The van der Waals surface area contributed by atoms with Gasteiger partial charge in [0, 0.05) is 62.8 Å². The molecule has 2 aromatic rings. The summed E-state index contributed by atoms with van der Waals surface area (Å²) in [5.74, 6) is 0.840. The Balaban J connectivity index is 1.47. The van der Waals surface area contributed by atoms with Crippen LogP contribution < -0.4 is 4.90 Å². The summed E-state index contributed by atoms with van der Waals surface area (Å²) in [6.45, 7) is 8.05. The van der Waals surface area contributed by atoms with Gasteiger partial charge in [0.05, 0.1) is 11.9 Å². The Hall–Kier alpha value is -2.41. The molecular formula is C21H25FN4O2. The molecule has 5 heterocycles. The fourth-order valence-electron chi connectivity index (χ4n) is 5.20. The quantitative estimate of drug-likeness (QED) is 0.827. The lowest BCUT2D eigenvalue weighted by atomic mass is 9.91. The highest BCUT2D eigenvalue weighted by Gasteiger charge is 2.42. The number of aromatic amines is 1. The molecule has 0 unspecified atom stereocenters. The zero-order chi connectivity index (χ0) is 19.3. The summed E-state index contributed by atoms with van der Waals surface area (Å²) < 4.78 is 20.5. The lowest BCUT2D eigenvalue weighted by Crippen LogP contribution is -2.32. The Morgan fingerprint density at radius 1 is 1.25 bits per heavy atom. The van der Waals surface area contributed by atoms with Crippen molar-refractivity contribution in [2.75, 3.05) is 44.3 Å². The third-order valence-electron chi connectivity index (χ3n) is 6.61. The summed E-state index contributed by atoms with van der Waals surface area (Å²) >= 11 is 0. The number of halogens is 1. The monoisotopic (exact) mass is 384 g/mol. The van der Waals surface area contributed by atoms with E-state index in [0.29, 0.717) is 23.4 Å². The van der Waals surface area contributed by atoms with Crippen molar-refractivity contribution in [1.82, 2.24) is 14.9 Å². The number of likely N-dealkylation sites (tertiary alicyclic amines) is 1. The van der Waals surface area contributed by atoms with E-state index in [9.17, 15) is 4.79 Å². The molecule has 2 aromatic heterocycles. The molecule has 1 amide bonds.